The lowest BCUT2D eigenvalue weighted by Crippen LogP contribution is -2.28. The van der Waals surface area contributed by atoms with Crippen LogP contribution in [0.25, 0.3) is 5.57 Å². The van der Waals surface area contributed by atoms with Gasteiger partial charge in [0.15, 0.2) is 0 Å². The van der Waals surface area contributed by atoms with Gasteiger partial charge in [0.25, 0.3) is 0 Å². The molecule has 1 aliphatic rings. The Morgan fingerprint density at radius 3 is 2.52 bits per heavy atom. The molecule has 5 heteroatoms. The van der Waals surface area contributed by atoms with E-state index in [4.69, 9.17) is 27.9 Å². The lowest BCUT2D eigenvalue weighted by Gasteiger charge is -2.31. The second kappa shape index (κ2) is 7.96. The van der Waals surface area contributed by atoms with Gasteiger partial charge < -0.3 is 14.7 Å². The molecule has 1 N–H and O–H groups in total. The highest BCUT2D eigenvalue weighted by atomic mass is 35.5. The van der Waals surface area contributed by atoms with Crippen molar-refractivity contribution >= 4 is 28.8 Å². The first-order valence-corrected chi connectivity index (χ1v) is 8.71. The Labute approximate surface area is 157 Å². The van der Waals surface area contributed by atoms with Gasteiger partial charge in [0.1, 0.15) is 5.75 Å². The van der Waals surface area contributed by atoms with Crippen molar-refractivity contribution < 1.29 is 9.84 Å². The number of benzene rings is 2. The van der Waals surface area contributed by atoms with E-state index < -0.39 is 0 Å². The first-order valence-electron chi connectivity index (χ1n) is 7.96. The van der Waals surface area contributed by atoms with Gasteiger partial charge in [-0.25, -0.2) is 0 Å². The Morgan fingerprint density at radius 2 is 1.92 bits per heavy atom. The van der Waals surface area contributed by atoms with Gasteiger partial charge in [-0.05, 0) is 53.1 Å². The lowest BCUT2D eigenvalue weighted by atomic mass is 10.0. The van der Waals surface area contributed by atoms with E-state index >= 15 is 0 Å². The third-order valence-corrected chi connectivity index (χ3v) is 4.65. The van der Waals surface area contributed by atoms with Gasteiger partial charge in [0.2, 0.25) is 0 Å². The number of ether oxygens (including phenoxy) is 1. The summed E-state index contributed by atoms with van der Waals surface area (Å²) in [4.78, 5) is 2.06. The fourth-order valence-electron chi connectivity index (χ4n) is 2.93. The van der Waals surface area contributed by atoms with Gasteiger partial charge in [-0.15, -0.1) is 0 Å². The maximum absolute atomic E-state index is 9.87. The zero-order chi connectivity index (χ0) is 17.8. The Kier molecular flexibility index (Phi) is 5.69. The van der Waals surface area contributed by atoms with Gasteiger partial charge in [-0.2, -0.15) is 0 Å². The molecule has 0 fully saturated rings. The number of allylic oxidation sites excluding steroid dienone is 2. The van der Waals surface area contributed by atoms with Crippen LogP contribution in [-0.2, 0) is 0 Å². The van der Waals surface area contributed by atoms with Crippen molar-refractivity contribution in [2.45, 2.75) is 6.04 Å². The Balaban J connectivity index is 1.80. The monoisotopic (exact) mass is 375 g/mol. The average Bonchev–Trinajstić information content (AvgIpc) is 2.62. The third-order valence-electron chi connectivity index (χ3n) is 4.21. The zero-order valence-corrected chi connectivity index (χ0v) is 15.3. The van der Waals surface area contributed by atoms with Crippen LogP contribution in [0.5, 0.6) is 5.75 Å². The van der Waals surface area contributed by atoms with Crippen LogP contribution in [-0.4, -0.2) is 30.3 Å². The maximum Gasteiger partial charge on any atom is 0.119 e. The van der Waals surface area contributed by atoms with Crippen LogP contribution in [0.2, 0.25) is 10.0 Å². The molecule has 130 valence electrons. The summed E-state index contributed by atoms with van der Waals surface area (Å²) in [5, 5.41) is 11.0. The van der Waals surface area contributed by atoms with Gasteiger partial charge in [-0.3, -0.25) is 0 Å². The van der Waals surface area contributed by atoms with Gasteiger partial charge in [0, 0.05) is 22.8 Å². The van der Waals surface area contributed by atoms with E-state index in [1.54, 1.807) is 13.2 Å². The fraction of sp³-hybridized carbons (Fsp3) is 0.200. The summed E-state index contributed by atoms with van der Waals surface area (Å²) in [6.45, 7) is 0.655. The minimum absolute atomic E-state index is 0.0245. The average molecular weight is 376 g/mol. The summed E-state index contributed by atoms with van der Waals surface area (Å²) < 4.78 is 5.28. The number of rotatable bonds is 5. The molecule has 1 heterocycles. The van der Waals surface area contributed by atoms with E-state index in [1.807, 2.05) is 42.6 Å². The van der Waals surface area contributed by atoms with Crippen molar-refractivity contribution in [3.05, 3.63) is 82.0 Å². The molecule has 0 amide bonds. The van der Waals surface area contributed by atoms with Gasteiger partial charge in [-0.1, -0.05) is 41.4 Å². The number of aliphatic hydroxyl groups is 1. The highest BCUT2D eigenvalue weighted by Gasteiger charge is 2.19. The smallest absolute Gasteiger partial charge is 0.119 e. The predicted molar refractivity (Wildman–Crippen MR) is 103 cm³/mol. The SMILES string of the molecule is COc1cccc(C2=CCN(C(CO)c3cc(Cl)cc(Cl)c3)C=C2)c1. The molecule has 0 radical (unpaired) electrons. The van der Waals surface area contributed by atoms with Gasteiger partial charge in [0.05, 0.1) is 19.8 Å². The highest BCUT2D eigenvalue weighted by molar-refractivity contribution is 6.34. The van der Waals surface area contributed by atoms with Crippen LogP contribution in [0.3, 0.4) is 0 Å². The first-order chi connectivity index (χ1) is 12.1. The van der Waals surface area contributed by atoms with Crippen LogP contribution in [0.4, 0.5) is 0 Å². The Bertz CT molecular complexity index is 797. The summed E-state index contributed by atoms with van der Waals surface area (Å²) >= 11 is 12.2. The topological polar surface area (TPSA) is 32.7 Å². The molecule has 3 nitrogen and oxygen atoms in total. The molecule has 0 aliphatic carbocycles. The van der Waals surface area contributed by atoms with Crippen LogP contribution in [0, 0.1) is 0 Å². The fourth-order valence-corrected chi connectivity index (χ4v) is 3.47. The second-order valence-electron chi connectivity index (χ2n) is 5.81. The Hall–Kier alpha value is -1.94. The number of hydrogen-bond donors (Lipinski definition) is 1. The molecule has 0 saturated carbocycles. The van der Waals surface area contributed by atoms with Crippen molar-refractivity contribution in [2.24, 2.45) is 0 Å². The van der Waals surface area contributed by atoms with Crippen LogP contribution in [0.1, 0.15) is 17.2 Å². The minimum atomic E-state index is -0.199. The van der Waals surface area contributed by atoms with Crippen molar-refractivity contribution in [1.82, 2.24) is 4.90 Å². The number of aliphatic hydroxyl groups excluding tert-OH is 1. The highest BCUT2D eigenvalue weighted by Crippen LogP contribution is 2.30. The van der Waals surface area contributed by atoms with Crippen molar-refractivity contribution in [3.8, 4) is 5.75 Å². The number of halogens is 2. The van der Waals surface area contributed by atoms with Crippen molar-refractivity contribution in [2.75, 3.05) is 20.3 Å². The van der Waals surface area contributed by atoms with Crippen LogP contribution >= 0.6 is 23.2 Å². The zero-order valence-electron chi connectivity index (χ0n) is 13.8. The molecule has 2 aromatic carbocycles. The quantitative estimate of drug-likeness (QED) is 0.802. The predicted octanol–water partition coefficient (Wildman–Crippen LogP) is 4.95. The molecule has 3 rings (SSSR count). The number of hydrogen-bond acceptors (Lipinski definition) is 3. The maximum atomic E-state index is 9.87. The summed E-state index contributed by atoms with van der Waals surface area (Å²) in [7, 11) is 1.66. The third kappa shape index (κ3) is 4.18. The second-order valence-corrected chi connectivity index (χ2v) is 6.68. The summed E-state index contributed by atoms with van der Waals surface area (Å²) in [5.74, 6) is 0.830. The van der Waals surface area contributed by atoms with E-state index in [9.17, 15) is 5.11 Å². The molecule has 2 aromatic rings. The molecule has 1 unspecified atom stereocenters. The molecule has 0 spiro atoms. The largest absolute Gasteiger partial charge is 0.497 e. The summed E-state index contributed by atoms with van der Waals surface area (Å²) in [6, 6.07) is 13.1. The van der Waals surface area contributed by atoms with Crippen molar-refractivity contribution in [1.29, 1.82) is 0 Å². The van der Waals surface area contributed by atoms with E-state index in [1.165, 1.54) is 0 Å². The van der Waals surface area contributed by atoms with E-state index in [2.05, 4.69) is 17.0 Å². The summed E-state index contributed by atoms with van der Waals surface area (Å²) in [6.07, 6.45) is 6.15. The molecule has 0 aromatic heterocycles. The van der Waals surface area contributed by atoms with E-state index in [0.717, 1.165) is 22.4 Å². The normalized spacial score (nSPS) is 15.0. The standard InChI is InChI=1S/C20H19Cl2NO2/c1-25-19-4-2-3-15(11-19)14-5-7-23(8-6-14)20(13-24)16-9-17(21)12-18(22)10-16/h2-7,9-12,20,24H,8,13H2,1H3. The van der Waals surface area contributed by atoms with Crippen molar-refractivity contribution in [3.63, 3.8) is 0 Å². The molecule has 1 aliphatic heterocycles. The number of methoxy groups -OCH3 is 1. The van der Waals surface area contributed by atoms with E-state index in [-0.39, 0.29) is 12.6 Å². The lowest BCUT2D eigenvalue weighted by molar-refractivity contribution is 0.174. The molecule has 1 atom stereocenters. The van der Waals surface area contributed by atoms with Gasteiger partial charge >= 0.3 is 0 Å². The molecule has 25 heavy (non-hydrogen) atoms. The first kappa shape index (κ1) is 17.9. The minimum Gasteiger partial charge on any atom is -0.497 e. The molecule has 0 bridgehead atoms. The van der Waals surface area contributed by atoms with Crippen LogP contribution < -0.4 is 4.74 Å². The summed E-state index contributed by atoms with van der Waals surface area (Å²) in [5.41, 5.74) is 3.11. The Morgan fingerprint density at radius 1 is 1.16 bits per heavy atom. The molecular weight excluding hydrogens is 357 g/mol. The van der Waals surface area contributed by atoms with E-state index in [0.29, 0.717) is 16.6 Å². The van der Waals surface area contributed by atoms with Crippen LogP contribution in [0.15, 0.2) is 60.8 Å². The number of nitrogens with zero attached hydrogens (tertiary/aromatic N) is 1. The molecular formula is C20H19Cl2NO2. The molecule has 0 saturated heterocycles.